The Labute approximate surface area is 179 Å². The molecule has 0 spiro atoms. The Morgan fingerprint density at radius 3 is 2.80 bits per heavy atom. The average molecular weight is 421 g/mol. The van der Waals surface area contributed by atoms with E-state index in [0.717, 1.165) is 50.5 Å². The first-order valence-corrected chi connectivity index (χ1v) is 10.8. The number of carbonyl (C=O) groups excluding carboxylic acids is 1. The van der Waals surface area contributed by atoms with Crippen molar-refractivity contribution in [2.24, 2.45) is 18.0 Å². The molecule has 2 atom stereocenters. The second kappa shape index (κ2) is 9.68. The molecule has 0 radical (unpaired) electrons. The molecule has 2 unspecified atom stereocenters. The maximum Gasteiger partial charge on any atom is 0.410 e. The number of hydrogen-bond acceptors (Lipinski definition) is 5. The minimum Gasteiger partial charge on any atom is -0.444 e. The summed E-state index contributed by atoms with van der Waals surface area (Å²) in [7, 11) is 3.72. The fourth-order valence-corrected chi connectivity index (χ4v) is 3.94. The molecule has 9 nitrogen and oxygen atoms in total. The molecule has 0 bridgehead atoms. The van der Waals surface area contributed by atoms with Crippen LogP contribution in [0.15, 0.2) is 17.4 Å². The lowest BCUT2D eigenvalue weighted by molar-refractivity contribution is -0.00823. The summed E-state index contributed by atoms with van der Waals surface area (Å²) in [5.41, 5.74) is 0.615. The van der Waals surface area contributed by atoms with Crippen molar-refractivity contribution in [2.45, 2.75) is 45.3 Å². The van der Waals surface area contributed by atoms with Crippen molar-refractivity contribution in [3.63, 3.8) is 0 Å². The summed E-state index contributed by atoms with van der Waals surface area (Å²) < 4.78 is 13.3. The van der Waals surface area contributed by atoms with E-state index in [0.29, 0.717) is 19.1 Å². The summed E-state index contributed by atoms with van der Waals surface area (Å²) in [5.74, 6) is 1.25. The second-order valence-electron chi connectivity index (χ2n) is 9.12. The van der Waals surface area contributed by atoms with Crippen molar-refractivity contribution >= 4 is 12.1 Å². The van der Waals surface area contributed by atoms with Crippen LogP contribution in [0, 0.1) is 5.92 Å². The molecule has 1 amide bonds. The van der Waals surface area contributed by atoms with Crippen molar-refractivity contribution < 1.29 is 14.3 Å². The van der Waals surface area contributed by atoms with E-state index in [1.54, 1.807) is 4.68 Å². The molecular weight excluding hydrogens is 384 g/mol. The number of piperidine rings is 1. The fraction of sp³-hybridized carbons (Fsp3) is 0.762. The Morgan fingerprint density at radius 2 is 2.13 bits per heavy atom. The van der Waals surface area contributed by atoms with Gasteiger partial charge in [-0.1, -0.05) is 0 Å². The molecule has 2 aliphatic rings. The molecular formula is C21H36N6O3. The molecule has 3 heterocycles. The van der Waals surface area contributed by atoms with Crippen LogP contribution >= 0.6 is 0 Å². The van der Waals surface area contributed by atoms with Gasteiger partial charge in [0.05, 0.1) is 19.3 Å². The molecule has 168 valence electrons. The maximum atomic E-state index is 12.4. The van der Waals surface area contributed by atoms with E-state index in [9.17, 15) is 4.79 Å². The largest absolute Gasteiger partial charge is 0.444 e. The van der Waals surface area contributed by atoms with Crippen molar-refractivity contribution in [2.75, 3.05) is 46.4 Å². The third-order valence-electron chi connectivity index (χ3n) is 5.39. The molecule has 9 heteroatoms. The molecule has 0 saturated carbocycles. The zero-order valence-corrected chi connectivity index (χ0v) is 18.9. The van der Waals surface area contributed by atoms with Gasteiger partial charge >= 0.3 is 6.09 Å². The van der Waals surface area contributed by atoms with Gasteiger partial charge in [-0.05, 0) is 39.5 Å². The topological polar surface area (TPSA) is 84.2 Å². The monoisotopic (exact) mass is 420 g/mol. The number of likely N-dealkylation sites (tertiary alicyclic amines) is 1. The highest BCUT2D eigenvalue weighted by atomic mass is 16.6. The SMILES string of the molecule is CN=C(NCC1CCCN(C(=O)OC(C)(C)C)C1)N1CCOC(c2cnn(C)c2)C1. The Hall–Kier alpha value is -2.29. The highest BCUT2D eigenvalue weighted by Gasteiger charge is 2.29. The number of amides is 1. The first-order chi connectivity index (χ1) is 14.2. The summed E-state index contributed by atoms with van der Waals surface area (Å²) >= 11 is 0. The maximum absolute atomic E-state index is 12.4. The van der Waals surface area contributed by atoms with Crippen molar-refractivity contribution in [1.82, 2.24) is 24.9 Å². The summed E-state index contributed by atoms with van der Waals surface area (Å²) in [4.78, 5) is 20.9. The third-order valence-corrected chi connectivity index (χ3v) is 5.39. The molecule has 0 aliphatic carbocycles. The van der Waals surface area contributed by atoms with Crippen LogP contribution in [0.5, 0.6) is 0 Å². The molecule has 30 heavy (non-hydrogen) atoms. The zero-order chi connectivity index (χ0) is 21.7. The molecule has 3 rings (SSSR count). The van der Waals surface area contributed by atoms with Crippen LogP contribution in [0.25, 0.3) is 0 Å². The van der Waals surface area contributed by atoms with Crippen molar-refractivity contribution in [3.05, 3.63) is 18.0 Å². The van der Waals surface area contributed by atoms with E-state index < -0.39 is 5.60 Å². The van der Waals surface area contributed by atoms with Crippen LogP contribution in [0.3, 0.4) is 0 Å². The van der Waals surface area contributed by atoms with Gasteiger partial charge in [-0.2, -0.15) is 5.10 Å². The number of aliphatic imine (C=N–C) groups is 1. The van der Waals surface area contributed by atoms with E-state index in [2.05, 4.69) is 20.3 Å². The zero-order valence-electron chi connectivity index (χ0n) is 18.9. The first kappa shape index (κ1) is 22.4. The quantitative estimate of drug-likeness (QED) is 0.595. The van der Waals surface area contributed by atoms with E-state index in [1.807, 2.05) is 52.2 Å². The lowest BCUT2D eigenvalue weighted by Crippen LogP contribution is -2.51. The second-order valence-corrected chi connectivity index (χ2v) is 9.12. The minimum atomic E-state index is -0.467. The number of carbonyl (C=O) groups is 1. The van der Waals surface area contributed by atoms with Crippen molar-refractivity contribution in [1.29, 1.82) is 0 Å². The van der Waals surface area contributed by atoms with Crippen LogP contribution < -0.4 is 5.32 Å². The number of rotatable bonds is 3. The van der Waals surface area contributed by atoms with Crippen LogP contribution in [0.4, 0.5) is 4.79 Å². The molecule has 2 fully saturated rings. The lowest BCUT2D eigenvalue weighted by atomic mass is 9.98. The highest BCUT2D eigenvalue weighted by molar-refractivity contribution is 5.80. The first-order valence-electron chi connectivity index (χ1n) is 10.8. The molecule has 1 aromatic heterocycles. The van der Waals surface area contributed by atoms with Gasteiger partial charge in [0.2, 0.25) is 0 Å². The highest BCUT2D eigenvalue weighted by Crippen LogP contribution is 2.22. The summed E-state index contributed by atoms with van der Waals surface area (Å²) in [6.45, 7) is 10.1. The minimum absolute atomic E-state index is 0.0108. The normalized spacial score (nSPS) is 23.4. The number of guanidine groups is 1. The van der Waals surface area contributed by atoms with Gasteiger partial charge in [-0.25, -0.2) is 4.79 Å². The number of morpholine rings is 1. The Bertz CT molecular complexity index is 741. The van der Waals surface area contributed by atoms with Gasteiger partial charge in [0.25, 0.3) is 0 Å². The van der Waals surface area contributed by atoms with Crippen molar-refractivity contribution in [3.8, 4) is 0 Å². The van der Waals surface area contributed by atoms with Gasteiger partial charge in [0.1, 0.15) is 11.7 Å². The Kier molecular flexibility index (Phi) is 7.23. The van der Waals surface area contributed by atoms with Crippen LogP contribution in [0.2, 0.25) is 0 Å². The Balaban J connectivity index is 1.51. The molecule has 1 aromatic rings. The predicted molar refractivity (Wildman–Crippen MR) is 115 cm³/mol. The van der Waals surface area contributed by atoms with E-state index >= 15 is 0 Å². The van der Waals surface area contributed by atoms with Gasteiger partial charge in [0.15, 0.2) is 5.96 Å². The summed E-state index contributed by atoms with van der Waals surface area (Å²) in [5, 5.41) is 7.77. The standard InChI is InChI=1S/C21H36N6O3/c1-21(2,3)30-20(28)27-8-6-7-16(13-27)11-23-19(22-4)26-9-10-29-18(15-26)17-12-24-25(5)14-17/h12,14,16,18H,6-11,13,15H2,1-5H3,(H,22,23). The van der Waals surface area contributed by atoms with E-state index in [4.69, 9.17) is 9.47 Å². The number of ether oxygens (including phenoxy) is 2. The van der Waals surface area contributed by atoms with Gasteiger partial charge in [0, 0.05) is 52.0 Å². The Morgan fingerprint density at radius 1 is 1.33 bits per heavy atom. The number of nitrogens with zero attached hydrogens (tertiary/aromatic N) is 5. The van der Waals surface area contributed by atoms with Crippen LogP contribution in [0.1, 0.15) is 45.3 Å². The molecule has 0 aromatic carbocycles. The fourth-order valence-electron chi connectivity index (χ4n) is 3.94. The van der Waals surface area contributed by atoms with Crippen LogP contribution in [-0.2, 0) is 16.5 Å². The molecule has 1 N–H and O–H groups in total. The molecule has 2 aliphatic heterocycles. The number of nitrogens with one attached hydrogen (secondary N) is 1. The smallest absolute Gasteiger partial charge is 0.410 e. The number of aromatic nitrogens is 2. The van der Waals surface area contributed by atoms with E-state index in [1.165, 1.54) is 0 Å². The number of aryl methyl sites for hydroxylation is 1. The summed E-state index contributed by atoms with van der Waals surface area (Å²) in [6.07, 6.45) is 5.71. The van der Waals surface area contributed by atoms with Crippen LogP contribution in [-0.4, -0.2) is 83.6 Å². The lowest BCUT2D eigenvalue weighted by Gasteiger charge is -2.37. The van der Waals surface area contributed by atoms with Gasteiger partial charge < -0.3 is 24.6 Å². The third kappa shape index (κ3) is 6.10. The van der Waals surface area contributed by atoms with Gasteiger partial charge in [-0.15, -0.1) is 0 Å². The van der Waals surface area contributed by atoms with Gasteiger partial charge in [-0.3, -0.25) is 9.67 Å². The molecule has 2 saturated heterocycles. The number of hydrogen-bond donors (Lipinski definition) is 1. The average Bonchev–Trinajstić information content (AvgIpc) is 3.14. The summed E-state index contributed by atoms with van der Waals surface area (Å²) in [6, 6.07) is 0. The van der Waals surface area contributed by atoms with E-state index in [-0.39, 0.29) is 12.2 Å². The predicted octanol–water partition coefficient (Wildman–Crippen LogP) is 2.02.